The van der Waals surface area contributed by atoms with Gasteiger partial charge in [-0.25, -0.2) is 0 Å². The summed E-state index contributed by atoms with van der Waals surface area (Å²) in [5.41, 5.74) is 2.36. The Hall–Kier alpha value is -2.35. The van der Waals surface area contributed by atoms with E-state index in [2.05, 4.69) is 6.58 Å². The first-order chi connectivity index (χ1) is 8.79. The Morgan fingerprint density at radius 3 is 2.72 bits per heavy atom. The van der Waals surface area contributed by atoms with Crippen molar-refractivity contribution in [1.29, 1.82) is 0 Å². The van der Waals surface area contributed by atoms with Crippen LogP contribution in [0.1, 0.15) is 16.8 Å². The Bertz CT molecular complexity index is 750. The van der Waals surface area contributed by atoms with Gasteiger partial charge in [-0.3, -0.25) is 4.79 Å². The smallest absolute Gasteiger partial charge is 0.166 e. The molecule has 2 nitrogen and oxygen atoms in total. The van der Waals surface area contributed by atoms with Crippen LogP contribution in [0.4, 0.5) is 0 Å². The van der Waals surface area contributed by atoms with Gasteiger partial charge in [0.2, 0.25) is 0 Å². The third kappa shape index (κ3) is 1.63. The Balaban J connectivity index is 2.24. The lowest BCUT2D eigenvalue weighted by Crippen LogP contribution is -1.95. The minimum absolute atomic E-state index is 0.0807. The monoisotopic (exact) mass is 236 g/mol. The summed E-state index contributed by atoms with van der Waals surface area (Å²) in [5.74, 6) is 0.0807. The third-order valence-corrected chi connectivity index (χ3v) is 3.03. The van der Waals surface area contributed by atoms with E-state index in [1.54, 1.807) is 12.1 Å². The number of rotatable bonds is 3. The molecular formula is C16H12O2. The van der Waals surface area contributed by atoms with Crippen molar-refractivity contribution >= 4 is 27.7 Å². The number of carbonyl (C=O) groups is 1. The molecule has 3 rings (SSSR count). The fourth-order valence-corrected chi connectivity index (χ4v) is 2.15. The van der Waals surface area contributed by atoms with Crippen LogP contribution in [-0.4, -0.2) is 5.78 Å². The molecule has 88 valence electrons. The predicted molar refractivity (Wildman–Crippen MR) is 72.9 cm³/mol. The Kier molecular flexibility index (Phi) is 2.49. The van der Waals surface area contributed by atoms with Gasteiger partial charge in [-0.2, -0.15) is 0 Å². The number of hydrogen-bond acceptors (Lipinski definition) is 2. The van der Waals surface area contributed by atoms with Crippen molar-refractivity contribution in [3.63, 3.8) is 0 Å². The van der Waals surface area contributed by atoms with Crippen molar-refractivity contribution in [2.75, 3.05) is 0 Å². The predicted octanol–water partition coefficient (Wildman–Crippen LogP) is 4.34. The van der Waals surface area contributed by atoms with Crippen molar-refractivity contribution in [2.45, 2.75) is 6.42 Å². The normalized spacial score (nSPS) is 10.9. The second-order valence-corrected chi connectivity index (χ2v) is 4.23. The fourth-order valence-electron chi connectivity index (χ4n) is 2.15. The molecule has 0 spiro atoms. The third-order valence-electron chi connectivity index (χ3n) is 3.03. The van der Waals surface area contributed by atoms with Crippen molar-refractivity contribution in [3.8, 4) is 0 Å². The van der Waals surface area contributed by atoms with Crippen molar-refractivity contribution in [3.05, 3.63) is 60.7 Å². The van der Waals surface area contributed by atoms with E-state index < -0.39 is 0 Å². The van der Waals surface area contributed by atoms with Gasteiger partial charge in [-0.05, 0) is 24.3 Å². The number of allylic oxidation sites excluding steroid dienone is 1. The molecular weight excluding hydrogens is 224 g/mol. The molecule has 0 amide bonds. The maximum Gasteiger partial charge on any atom is 0.166 e. The van der Waals surface area contributed by atoms with Crippen LogP contribution in [0.25, 0.3) is 21.9 Å². The van der Waals surface area contributed by atoms with Crippen LogP contribution >= 0.6 is 0 Å². The molecule has 2 heteroatoms. The summed E-state index contributed by atoms with van der Waals surface area (Å²) in [5, 5.41) is 2.03. The Morgan fingerprint density at radius 1 is 1.11 bits per heavy atom. The van der Waals surface area contributed by atoms with E-state index in [1.807, 2.05) is 36.4 Å². The number of hydrogen-bond donors (Lipinski definition) is 0. The van der Waals surface area contributed by atoms with Gasteiger partial charge in [0.25, 0.3) is 0 Å². The minimum atomic E-state index is 0.0807. The lowest BCUT2D eigenvalue weighted by atomic mass is 10.0. The Morgan fingerprint density at radius 2 is 1.89 bits per heavy atom. The highest BCUT2D eigenvalue weighted by atomic mass is 16.3. The van der Waals surface area contributed by atoms with Crippen molar-refractivity contribution < 1.29 is 9.21 Å². The molecule has 0 N–H and O–H groups in total. The standard InChI is InChI=1S/C16H12O2/c1-2-5-14(17)11-8-9-16-13(10-11)12-6-3-4-7-15(12)18-16/h2-4,6-10H,1,5H2. The summed E-state index contributed by atoms with van der Waals surface area (Å²) in [6, 6.07) is 13.4. The number of carbonyl (C=O) groups excluding carboxylic acids is 1. The van der Waals surface area contributed by atoms with E-state index in [1.165, 1.54) is 0 Å². The molecule has 1 aromatic heterocycles. The van der Waals surface area contributed by atoms with Crippen LogP contribution in [0.15, 0.2) is 59.5 Å². The van der Waals surface area contributed by atoms with Gasteiger partial charge in [0, 0.05) is 22.8 Å². The van der Waals surface area contributed by atoms with Crippen molar-refractivity contribution in [1.82, 2.24) is 0 Å². The van der Waals surface area contributed by atoms with E-state index in [0.717, 1.165) is 21.9 Å². The maximum absolute atomic E-state index is 11.8. The molecule has 1 heterocycles. The molecule has 0 aliphatic carbocycles. The average molecular weight is 236 g/mol. The van der Waals surface area contributed by atoms with E-state index in [-0.39, 0.29) is 5.78 Å². The zero-order valence-electron chi connectivity index (χ0n) is 9.85. The van der Waals surface area contributed by atoms with Gasteiger partial charge in [-0.1, -0.05) is 24.3 Å². The zero-order valence-corrected chi connectivity index (χ0v) is 9.85. The number of furan rings is 1. The molecule has 0 bridgehead atoms. The molecule has 0 saturated heterocycles. The maximum atomic E-state index is 11.8. The first kappa shape index (κ1) is 10.8. The molecule has 0 saturated carbocycles. The van der Waals surface area contributed by atoms with Crippen LogP contribution in [0.5, 0.6) is 0 Å². The van der Waals surface area contributed by atoms with E-state index in [0.29, 0.717) is 12.0 Å². The molecule has 0 radical (unpaired) electrons. The molecule has 0 atom stereocenters. The highest BCUT2D eigenvalue weighted by Crippen LogP contribution is 2.29. The summed E-state index contributed by atoms with van der Waals surface area (Å²) >= 11 is 0. The van der Waals surface area contributed by atoms with Gasteiger partial charge in [0.15, 0.2) is 5.78 Å². The topological polar surface area (TPSA) is 30.2 Å². The fraction of sp³-hybridized carbons (Fsp3) is 0.0625. The lowest BCUT2D eigenvalue weighted by Gasteiger charge is -1.97. The zero-order chi connectivity index (χ0) is 12.5. The Labute approximate surface area is 105 Å². The SMILES string of the molecule is C=CCC(=O)c1ccc2oc3ccccc3c2c1. The van der Waals surface area contributed by atoms with Gasteiger partial charge < -0.3 is 4.42 Å². The van der Waals surface area contributed by atoms with Crippen molar-refractivity contribution in [2.24, 2.45) is 0 Å². The molecule has 3 aromatic rings. The van der Waals surface area contributed by atoms with Crippen LogP contribution in [0, 0.1) is 0 Å². The number of Topliss-reactive ketones (excluding diaryl/α,β-unsaturated/α-hetero) is 1. The van der Waals surface area contributed by atoms with E-state index >= 15 is 0 Å². The van der Waals surface area contributed by atoms with E-state index in [9.17, 15) is 4.79 Å². The van der Waals surface area contributed by atoms with Gasteiger partial charge in [0.05, 0.1) is 0 Å². The van der Waals surface area contributed by atoms with Gasteiger partial charge in [-0.15, -0.1) is 6.58 Å². The van der Waals surface area contributed by atoms with Crippen LogP contribution in [-0.2, 0) is 0 Å². The molecule has 0 fully saturated rings. The summed E-state index contributed by atoms with van der Waals surface area (Å²) in [6.07, 6.45) is 1.99. The number of ketones is 1. The molecule has 0 aliphatic heterocycles. The van der Waals surface area contributed by atoms with Gasteiger partial charge in [0.1, 0.15) is 11.2 Å². The second kappa shape index (κ2) is 4.15. The second-order valence-electron chi connectivity index (χ2n) is 4.23. The number of benzene rings is 2. The molecule has 18 heavy (non-hydrogen) atoms. The minimum Gasteiger partial charge on any atom is -0.456 e. The first-order valence-corrected chi connectivity index (χ1v) is 5.85. The summed E-state index contributed by atoms with van der Waals surface area (Å²) in [6.45, 7) is 3.59. The quantitative estimate of drug-likeness (QED) is 0.500. The summed E-state index contributed by atoms with van der Waals surface area (Å²) in [7, 11) is 0. The van der Waals surface area contributed by atoms with Gasteiger partial charge >= 0.3 is 0 Å². The number of para-hydroxylation sites is 1. The van der Waals surface area contributed by atoms with E-state index in [4.69, 9.17) is 4.42 Å². The molecule has 0 unspecified atom stereocenters. The first-order valence-electron chi connectivity index (χ1n) is 5.85. The molecule has 2 aromatic carbocycles. The molecule has 0 aliphatic rings. The average Bonchev–Trinajstić information content (AvgIpc) is 2.76. The summed E-state index contributed by atoms with van der Waals surface area (Å²) in [4.78, 5) is 11.8. The summed E-state index contributed by atoms with van der Waals surface area (Å²) < 4.78 is 5.72. The lowest BCUT2D eigenvalue weighted by molar-refractivity contribution is 0.0996. The highest BCUT2D eigenvalue weighted by Gasteiger charge is 2.09. The van der Waals surface area contributed by atoms with Crippen LogP contribution in [0.2, 0.25) is 0 Å². The largest absolute Gasteiger partial charge is 0.456 e. The van der Waals surface area contributed by atoms with Crippen LogP contribution < -0.4 is 0 Å². The van der Waals surface area contributed by atoms with Crippen LogP contribution in [0.3, 0.4) is 0 Å². The highest BCUT2D eigenvalue weighted by molar-refractivity contribution is 6.08. The number of fused-ring (bicyclic) bond motifs is 3.